The maximum absolute atomic E-state index is 11.8. The summed E-state index contributed by atoms with van der Waals surface area (Å²) in [4.78, 5) is 18.9. The highest BCUT2D eigenvalue weighted by Crippen LogP contribution is 2.32. The van der Waals surface area contributed by atoms with E-state index in [1.54, 1.807) is 17.5 Å². The van der Waals surface area contributed by atoms with Gasteiger partial charge in [0.2, 0.25) is 0 Å². The number of aromatic nitrogens is 2. The smallest absolute Gasteiger partial charge is 0.260 e. The van der Waals surface area contributed by atoms with Gasteiger partial charge in [0, 0.05) is 18.8 Å². The van der Waals surface area contributed by atoms with Crippen molar-refractivity contribution in [3.05, 3.63) is 47.8 Å². The molecule has 0 unspecified atom stereocenters. The third-order valence-corrected chi connectivity index (χ3v) is 4.88. The second kappa shape index (κ2) is 7.36. The van der Waals surface area contributed by atoms with Gasteiger partial charge < -0.3 is 10.5 Å². The zero-order chi connectivity index (χ0) is 18.8. The van der Waals surface area contributed by atoms with E-state index < -0.39 is 0 Å². The van der Waals surface area contributed by atoms with Crippen molar-refractivity contribution in [2.45, 2.75) is 19.8 Å². The normalized spacial score (nSPS) is 19.6. The van der Waals surface area contributed by atoms with Crippen LogP contribution in [0.1, 0.15) is 19.8 Å². The van der Waals surface area contributed by atoms with Crippen LogP contribution < -0.4 is 10.5 Å². The first kappa shape index (κ1) is 17.5. The number of ketones is 1. The quantitative estimate of drug-likeness (QED) is 0.822. The molecule has 1 fully saturated rings. The largest absolute Gasteiger partial charge is 0.474 e. The zero-order valence-electron chi connectivity index (χ0n) is 15.4. The fraction of sp³-hybridized carbons (Fsp3) is 0.350. The lowest BCUT2D eigenvalue weighted by Gasteiger charge is -2.14. The minimum atomic E-state index is -0.0894. The number of nitrogens with zero attached hydrogens (tertiary/aromatic N) is 4. The predicted molar refractivity (Wildman–Crippen MR) is 104 cm³/mol. The number of aliphatic imine (C=N–C) groups is 1. The number of allylic oxidation sites excluding steroid dienone is 3. The Labute approximate surface area is 157 Å². The van der Waals surface area contributed by atoms with Crippen molar-refractivity contribution in [3.63, 3.8) is 0 Å². The van der Waals surface area contributed by atoms with Gasteiger partial charge in [-0.3, -0.25) is 9.69 Å². The van der Waals surface area contributed by atoms with Gasteiger partial charge in [-0.15, -0.1) is 5.10 Å². The number of carbonyl (C=O) groups is 1. The Bertz CT molecular complexity index is 964. The predicted octanol–water partition coefficient (Wildman–Crippen LogP) is 2.25. The number of fused-ring (bicyclic) bond motifs is 1. The molecule has 0 saturated carbocycles. The lowest BCUT2D eigenvalue weighted by atomic mass is 10.0. The highest BCUT2D eigenvalue weighted by atomic mass is 16.5. The molecule has 2 aromatic heterocycles. The summed E-state index contributed by atoms with van der Waals surface area (Å²) in [5, 5.41) is 4.52. The molecule has 0 radical (unpaired) electrons. The van der Waals surface area contributed by atoms with Gasteiger partial charge in [0.15, 0.2) is 11.5 Å². The fourth-order valence-corrected chi connectivity index (χ4v) is 3.35. The molecule has 2 aromatic rings. The Balaban J connectivity index is 1.65. The van der Waals surface area contributed by atoms with Crippen molar-refractivity contribution >= 4 is 22.7 Å². The molecule has 0 amide bonds. The minimum Gasteiger partial charge on any atom is -0.474 e. The van der Waals surface area contributed by atoms with Gasteiger partial charge in [0.05, 0.1) is 16.9 Å². The van der Waals surface area contributed by atoms with Crippen LogP contribution in [0.2, 0.25) is 0 Å². The Kier molecular flexibility index (Phi) is 4.77. The van der Waals surface area contributed by atoms with Crippen LogP contribution in [0.4, 0.5) is 5.69 Å². The number of likely N-dealkylation sites (tertiary alicyclic amines) is 1. The molecular weight excluding hydrogens is 342 g/mol. The summed E-state index contributed by atoms with van der Waals surface area (Å²) < 4.78 is 7.73. The van der Waals surface area contributed by atoms with Crippen LogP contribution in [0, 0.1) is 0 Å². The molecule has 7 nitrogen and oxygen atoms in total. The SMILES string of the molecule is CC1=C/C(=N\c2c(OCCN3CCCC3)nn3ccccc23)C(N)=CC1=O. The topological polar surface area (TPSA) is 85.2 Å². The highest BCUT2D eigenvalue weighted by Gasteiger charge is 2.19. The van der Waals surface area contributed by atoms with Crippen molar-refractivity contribution in [1.82, 2.24) is 14.5 Å². The van der Waals surface area contributed by atoms with E-state index in [4.69, 9.17) is 15.5 Å². The molecule has 140 valence electrons. The third-order valence-electron chi connectivity index (χ3n) is 4.88. The highest BCUT2D eigenvalue weighted by molar-refractivity contribution is 6.22. The van der Waals surface area contributed by atoms with Gasteiger partial charge in [-0.2, -0.15) is 0 Å². The number of hydrogen-bond acceptors (Lipinski definition) is 6. The van der Waals surface area contributed by atoms with Gasteiger partial charge >= 0.3 is 0 Å². The monoisotopic (exact) mass is 365 g/mol. The van der Waals surface area contributed by atoms with E-state index in [0.29, 0.717) is 35.2 Å². The average Bonchev–Trinajstić information content (AvgIpc) is 3.28. The summed E-state index contributed by atoms with van der Waals surface area (Å²) >= 11 is 0. The van der Waals surface area contributed by atoms with Crippen molar-refractivity contribution in [2.24, 2.45) is 10.7 Å². The van der Waals surface area contributed by atoms with Gasteiger partial charge in [-0.05, 0) is 56.6 Å². The number of pyridine rings is 1. The summed E-state index contributed by atoms with van der Waals surface area (Å²) in [5.74, 6) is 0.386. The van der Waals surface area contributed by atoms with E-state index >= 15 is 0 Å². The van der Waals surface area contributed by atoms with Gasteiger partial charge in [-0.1, -0.05) is 6.07 Å². The lowest BCUT2D eigenvalue weighted by molar-refractivity contribution is -0.111. The molecular formula is C20H23N5O2. The van der Waals surface area contributed by atoms with Gasteiger partial charge in [0.25, 0.3) is 5.88 Å². The first-order chi connectivity index (χ1) is 13.1. The van der Waals surface area contributed by atoms with Crippen LogP contribution in [0.5, 0.6) is 5.88 Å². The Hall–Kier alpha value is -2.93. The number of carbonyl (C=O) groups excluding carboxylic acids is 1. The fourth-order valence-electron chi connectivity index (χ4n) is 3.35. The lowest BCUT2D eigenvalue weighted by Crippen LogP contribution is -2.25. The summed E-state index contributed by atoms with van der Waals surface area (Å²) in [7, 11) is 0. The molecule has 1 saturated heterocycles. The van der Waals surface area contributed by atoms with Crippen LogP contribution in [0.15, 0.2) is 52.8 Å². The molecule has 3 heterocycles. The van der Waals surface area contributed by atoms with Crippen LogP contribution in [-0.2, 0) is 4.79 Å². The number of ether oxygens (including phenoxy) is 1. The van der Waals surface area contributed by atoms with E-state index in [1.165, 1.54) is 18.9 Å². The molecule has 1 aliphatic heterocycles. The third kappa shape index (κ3) is 3.64. The Morgan fingerprint density at radius 3 is 2.89 bits per heavy atom. The van der Waals surface area contributed by atoms with Gasteiger partial charge in [0.1, 0.15) is 6.61 Å². The molecule has 0 aromatic carbocycles. The second-order valence-electron chi connectivity index (χ2n) is 6.87. The van der Waals surface area contributed by atoms with Crippen LogP contribution in [0.3, 0.4) is 0 Å². The first-order valence-electron chi connectivity index (χ1n) is 9.23. The number of rotatable bonds is 5. The van der Waals surface area contributed by atoms with E-state index in [9.17, 15) is 4.79 Å². The standard InChI is InChI=1S/C20H23N5O2/c1-14-12-16(15(21)13-18(14)26)22-19-17-6-2-3-9-25(17)23-20(19)27-11-10-24-7-4-5-8-24/h2-3,6,9,12-13H,4-5,7-8,10-11,21H2,1H3/b22-16+. The van der Waals surface area contributed by atoms with Crippen molar-refractivity contribution < 1.29 is 9.53 Å². The van der Waals surface area contributed by atoms with E-state index in [2.05, 4.69) is 10.00 Å². The molecule has 1 aliphatic carbocycles. The molecule has 0 spiro atoms. The molecule has 4 rings (SSSR count). The first-order valence-corrected chi connectivity index (χ1v) is 9.23. The van der Waals surface area contributed by atoms with Crippen molar-refractivity contribution in [3.8, 4) is 5.88 Å². The van der Waals surface area contributed by atoms with Crippen LogP contribution in [-0.4, -0.2) is 52.3 Å². The van der Waals surface area contributed by atoms with Gasteiger partial charge in [-0.25, -0.2) is 9.51 Å². The van der Waals surface area contributed by atoms with Crippen molar-refractivity contribution in [2.75, 3.05) is 26.2 Å². The number of hydrogen-bond donors (Lipinski definition) is 1. The summed E-state index contributed by atoms with van der Waals surface area (Å²) in [6.07, 6.45) is 7.48. The maximum atomic E-state index is 11.8. The molecule has 2 N–H and O–H groups in total. The summed E-state index contributed by atoms with van der Waals surface area (Å²) in [6, 6.07) is 5.77. The molecule has 7 heteroatoms. The molecule has 0 atom stereocenters. The van der Waals surface area contributed by atoms with Crippen LogP contribution >= 0.6 is 0 Å². The van der Waals surface area contributed by atoms with Crippen LogP contribution in [0.25, 0.3) is 5.52 Å². The average molecular weight is 365 g/mol. The van der Waals surface area contributed by atoms with E-state index in [-0.39, 0.29) is 5.78 Å². The Morgan fingerprint density at radius 2 is 2.07 bits per heavy atom. The summed E-state index contributed by atoms with van der Waals surface area (Å²) in [6.45, 7) is 5.44. The molecule has 2 aliphatic rings. The minimum absolute atomic E-state index is 0.0894. The number of nitrogens with two attached hydrogens (primary N) is 1. The van der Waals surface area contributed by atoms with E-state index in [0.717, 1.165) is 25.2 Å². The van der Waals surface area contributed by atoms with E-state index in [1.807, 2.05) is 24.4 Å². The zero-order valence-corrected chi connectivity index (χ0v) is 15.4. The summed E-state index contributed by atoms with van der Waals surface area (Å²) in [5.41, 5.74) is 8.98. The molecule has 0 bridgehead atoms. The second-order valence-corrected chi connectivity index (χ2v) is 6.87. The van der Waals surface area contributed by atoms with Crippen molar-refractivity contribution in [1.29, 1.82) is 0 Å². The molecule has 27 heavy (non-hydrogen) atoms. The Morgan fingerprint density at radius 1 is 1.26 bits per heavy atom. The maximum Gasteiger partial charge on any atom is 0.260 e.